The van der Waals surface area contributed by atoms with Gasteiger partial charge in [-0.3, -0.25) is 9.55 Å². The third-order valence-corrected chi connectivity index (χ3v) is 10.3. The Morgan fingerprint density at radius 1 is 0.340 bits per heavy atom. The third kappa shape index (κ3) is 3.70. The Labute approximate surface area is 288 Å². The molecule has 0 bridgehead atoms. The summed E-state index contributed by atoms with van der Waals surface area (Å²) in [7, 11) is 0. The monoisotopic (exact) mass is 636 g/mol. The van der Waals surface area contributed by atoms with Crippen molar-refractivity contribution in [3.8, 4) is 56.3 Å². The van der Waals surface area contributed by atoms with Gasteiger partial charge in [-0.1, -0.05) is 140 Å². The summed E-state index contributed by atoms with van der Waals surface area (Å²) in [6.45, 7) is 0. The second-order valence-electron chi connectivity index (χ2n) is 13.0. The highest BCUT2D eigenvalue weighted by molar-refractivity contribution is 6.23. The van der Waals surface area contributed by atoms with E-state index in [0.717, 1.165) is 61.7 Å². The van der Waals surface area contributed by atoms with Gasteiger partial charge >= 0.3 is 0 Å². The van der Waals surface area contributed by atoms with Gasteiger partial charge in [0, 0.05) is 38.4 Å². The topological polar surface area (TPSA) is 35.6 Å². The predicted molar refractivity (Wildman–Crippen MR) is 206 cm³/mol. The zero-order valence-corrected chi connectivity index (χ0v) is 27.0. The van der Waals surface area contributed by atoms with Crippen LogP contribution in [0.25, 0.3) is 99.9 Å². The van der Waals surface area contributed by atoms with Gasteiger partial charge in [0.15, 0.2) is 5.82 Å². The molecule has 0 spiro atoms. The molecule has 4 heteroatoms. The summed E-state index contributed by atoms with van der Waals surface area (Å²) >= 11 is 0. The molecule has 7 aromatic carbocycles. The molecule has 232 valence electrons. The van der Waals surface area contributed by atoms with Crippen molar-refractivity contribution in [2.45, 2.75) is 0 Å². The van der Waals surface area contributed by atoms with E-state index in [4.69, 9.17) is 9.97 Å². The fraction of sp³-hybridized carbons (Fsp3) is 0. The first-order chi connectivity index (χ1) is 24.8. The number of hydrogen-bond donors (Lipinski definition) is 0. The first kappa shape index (κ1) is 27.2. The molecule has 3 heterocycles. The summed E-state index contributed by atoms with van der Waals surface area (Å²) in [5, 5.41) is 4.79. The average molecular weight is 637 g/mol. The molecule has 0 saturated carbocycles. The largest absolute Gasteiger partial charge is 0.307 e. The van der Waals surface area contributed by atoms with Gasteiger partial charge in [-0.05, 0) is 46.5 Å². The molecule has 3 aromatic heterocycles. The molecule has 0 atom stereocenters. The van der Waals surface area contributed by atoms with E-state index in [2.05, 4.69) is 173 Å². The van der Waals surface area contributed by atoms with Gasteiger partial charge in [-0.15, -0.1) is 0 Å². The molecule has 1 aliphatic carbocycles. The Kier molecular flexibility index (Phi) is 5.63. The molecule has 50 heavy (non-hydrogen) atoms. The molecule has 0 radical (unpaired) electrons. The van der Waals surface area contributed by atoms with Crippen LogP contribution in [0.5, 0.6) is 0 Å². The Hall–Kier alpha value is -6.78. The normalized spacial score (nSPS) is 12.0. The number of rotatable bonds is 2. The van der Waals surface area contributed by atoms with Gasteiger partial charge < -0.3 is 4.57 Å². The molecule has 4 nitrogen and oxygen atoms in total. The van der Waals surface area contributed by atoms with Gasteiger partial charge in [0.1, 0.15) is 0 Å². The first-order valence-electron chi connectivity index (χ1n) is 17.0. The second-order valence-corrected chi connectivity index (χ2v) is 13.0. The van der Waals surface area contributed by atoms with Crippen LogP contribution in [0.2, 0.25) is 0 Å². The molecule has 1 aliphatic rings. The van der Waals surface area contributed by atoms with Gasteiger partial charge in [0.05, 0.1) is 39.7 Å². The van der Waals surface area contributed by atoms with Crippen LogP contribution in [-0.2, 0) is 0 Å². The molecule has 0 aliphatic heterocycles. The van der Waals surface area contributed by atoms with Crippen LogP contribution >= 0.6 is 0 Å². The lowest BCUT2D eigenvalue weighted by molar-refractivity contribution is 1.05. The molecule has 10 aromatic rings. The number of benzene rings is 7. The third-order valence-electron chi connectivity index (χ3n) is 10.3. The van der Waals surface area contributed by atoms with Crippen LogP contribution in [-0.4, -0.2) is 19.1 Å². The molecule has 0 fully saturated rings. The smallest absolute Gasteiger partial charge is 0.157 e. The van der Waals surface area contributed by atoms with Gasteiger partial charge in [-0.2, -0.15) is 0 Å². The lowest BCUT2D eigenvalue weighted by atomic mass is 9.84. The minimum absolute atomic E-state index is 0.786. The van der Waals surface area contributed by atoms with E-state index in [1.54, 1.807) is 0 Å². The molecular weight excluding hydrogens is 609 g/mol. The maximum atomic E-state index is 5.63. The van der Waals surface area contributed by atoms with Gasteiger partial charge in [-0.25, -0.2) is 4.98 Å². The summed E-state index contributed by atoms with van der Waals surface area (Å²) in [4.78, 5) is 10.9. The van der Waals surface area contributed by atoms with Crippen LogP contribution in [0.3, 0.4) is 0 Å². The average Bonchev–Trinajstić information content (AvgIpc) is 3.71. The Morgan fingerprint density at radius 2 is 0.780 bits per heavy atom. The number of para-hydroxylation sites is 3. The minimum Gasteiger partial charge on any atom is -0.307 e. The molecule has 0 N–H and O–H groups in total. The zero-order valence-electron chi connectivity index (χ0n) is 27.0. The SMILES string of the molecule is c1ccc(-n2c3ccccc3c3ccc4c5ccccc5n(-c5cnc6c(n5)-c5ccccc5-c5ccccc5-c5ccccc5-6)c4c32)cc1. The van der Waals surface area contributed by atoms with E-state index in [1.165, 1.54) is 38.2 Å². The minimum atomic E-state index is 0.786. The molecule has 0 amide bonds. The van der Waals surface area contributed by atoms with Crippen molar-refractivity contribution in [2.24, 2.45) is 0 Å². The van der Waals surface area contributed by atoms with Crippen LogP contribution < -0.4 is 0 Å². The van der Waals surface area contributed by atoms with E-state index in [-0.39, 0.29) is 0 Å². The Morgan fingerprint density at radius 3 is 1.38 bits per heavy atom. The molecule has 11 rings (SSSR count). The predicted octanol–water partition coefficient (Wildman–Crippen LogP) is 11.7. The van der Waals surface area contributed by atoms with Crippen molar-refractivity contribution in [1.82, 2.24) is 19.1 Å². The standard InChI is InChI=1S/C46H28N4/c1-2-14-29(15-3-1)49-40-24-12-10-20-34(40)38-26-27-39-35-21-11-13-25-41(35)50(46(39)45(38)49)42-28-47-43-36-22-8-6-18-32(36)30-16-4-5-17-31(30)33-19-7-9-23-37(33)44(43)48-42/h1-28H. The summed E-state index contributed by atoms with van der Waals surface area (Å²) in [6.07, 6.45) is 1.96. The van der Waals surface area contributed by atoms with Crippen molar-refractivity contribution in [3.05, 3.63) is 170 Å². The summed E-state index contributed by atoms with van der Waals surface area (Å²) in [5.41, 5.74) is 14.3. The van der Waals surface area contributed by atoms with Gasteiger partial charge in [0.25, 0.3) is 0 Å². The van der Waals surface area contributed by atoms with Gasteiger partial charge in [0.2, 0.25) is 0 Å². The van der Waals surface area contributed by atoms with E-state index >= 15 is 0 Å². The quantitative estimate of drug-likeness (QED) is 0.189. The van der Waals surface area contributed by atoms with Crippen molar-refractivity contribution in [2.75, 3.05) is 0 Å². The lowest BCUT2D eigenvalue weighted by Crippen LogP contribution is -2.06. The fourth-order valence-corrected chi connectivity index (χ4v) is 8.26. The van der Waals surface area contributed by atoms with Crippen molar-refractivity contribution in [3.63, 3.8) is 0 Å². The number of fused-ring (bicyclic) bond motifs is 15. The van der Waals surface area contributed by atoms with Crippen LogP contribution in [0, 0.1) is 0 Å². The van der Waals surface area contributed by atoms with Crippen LogP contribution in [0.1, 0.15) is 0 Å². The van der Waals surface area contributed by atoms with Crippen LogP contribution in [0.4, 0.5) is 0 Å². The van der Waals surface area contributed by atoms with E-state index in [9.17, 15) is 0 Å². The number of hydrogen-bond acceptors (Lipinski definition) is 2. The van der Waals surface area contributed by atoms with Crippen LogP contribution in [0.15, 0.2) is 170 Å². The Balaban J connectivity index is 1.30. The van der Waals surface area contributed by atoms with Crippen molar-refractivity contribution >= 4 is 43.6 Å². The van der Waals surface area contributed by atoms with Crippen molar-refractivity contribution in [1.29, 1.82) is 0 Å². The molecule has 0 unspecified atom stereocenters. The maximum absolute atomic E-state index is 5.63. The summed E-state index contributed by atoms with van der Waals surface area (Å²) in [6, 6.07) is 58.5. The first-order valence-corrected chi connectivity index (χ1v) is 17.0. The number of nitrogens with zero attached hydrogens (tertiary/aromatic N) is 4. The second kappa shape index (κ2) is 10.4. The van der Waals surface area contributed by atoms with Crippen molar-refractivity contribution < 1.29 is 0 Å². The van der Waals surface area contributed by atoms with E-state index < -0.39 is 0 Å². The highest BCUT2D eigenvalue weighted by atomic mass is 15.1. The maximum Gasteiger partial charge on any atom is 0.157 e. The summed E-state index contributed by atoms with van der Waals surface area (Å²) < 4.78 is 4.74. The molecule has 0 saturated heterocycles. The Bertz CT molecular complexity index is 2980. The zero-order chi connectivity index (χ0) is 32.8. The lowest BCUT2D eigenvalue weighted by Gasteiger charge is -2.22. The number of aromatic nitrogens is 4. The fourth-order valence-electron chi connectivity index (χ4n) is 8.26. The summed E-state index contributed by atoms with van der Waals surface area (Å²) in [5.74, 6) is 0.786. The highest BCUT2D eigenvalue weighted by Crippen LogP contribution is 2.47. The van der Waals surface area contributed by atoms with E-state index in [1.807, 2.05) is 6.20 Å². The molecular formula is C46H28N4. The highest BCUT2D eigenvalue weighted by Gasteiger charge is 2.26. The van der Waals surface area contributed by atoms with E-state index in [0.29, 0.717) is 0 Å².